The normalized spacial score (nSPS) is 13.9. The number of hydrogen-bond donors (Lipinski definition) is 2. The van der Waals surface area contributed by atoms with Gasteiger partial charge in [0.1, 0.15) is 6.61 Å². The van der Waals surface area contributed by atoms with Crippen molar-refractivity contribution in [1.82, 2.24) is 0 Å². The van der Waals surface area contributed by atoms with E-state index in [1.807, 2.05) is 6.92 Å². The van der Waals surface area contributed by atoms with E-state index in [0.29, 0.717) is 19.3 Å². The molecular weight excluding hydrogens is 624 g/mol. The molecule has 6 nitrogen and oxygen atoms in total. The summed E-state index contributed by atoms with van der Waals surface area (Å²) in [6.07, 6.45) is 44.0. The summed E-state index contributed by atoms with van der Waals surface area (Å²) >= 11 is 0. The molecule has 6 heteroatoms. The first kappa shape index (κ1) is 47.8. The average molecular weight is 703 g/mol. The first-order valence-electron chi connectivity index (χ1n) is 20.7. The fraction of sp³-hybridized carbons (Fsp3) is 0.773. The molecule has 0 aliphatic carbocycles. The molecule has 0 aromatic carbocycles. The number of hydrogen-bond acceptors (Lipinski definition) is 6. The fourth-order valence-electron chi connectivity index (χ4n) is 5.62. The van der Waals surface area contributed by atoms with Crippen LogP contribution in [0.3, 0.4) is 0 Å². The minimum absolute atomic E-state index is 0.103. The van der Waals surface area contributed by atoms with Gasteiger partial charge in [0.05, 0.1) is 12.7 Å². The number of unbranched alkanes of at least 4 members (excludes halogenated alkanes) is 14. The van der Waals surface area contributed by atoms with Gasteiger partial charge in [0.2, 0.25) is 0 Å². The van der Waals surface area contributed by atoms with Crippen molar-refractivity contribution < 1.29 is 29.3 Å². The van der Waals surface area contributed by atoms with E-state index in [4.69, 9.17) is 9.47 Å². The van der Waals surface area contributed by atoms with Crippen LogP contribution in [-0.2, 0) is 19.1 Å². The van der Waals surface area contributed by atoms with Crippen molar-refractivity contribution in [2.75, 3.05) is 13.2 Å². The molecule has 0 aromatic rings. The van der Waals surface area contributed by atoms with Crippen LogP contribution in [0.15, 0.2) is 48.6 Å². The molecule has 0 saturated heterocycles. The maximum atomic E-state index is 12.2. The van der Waals surface area contributed by atoms with Gasteiger partial charge in [-0.1, -0.05) is 166 Å². The van der Waals surface area contributed by atoms with Gasteiger partial charge in [-0.2, -0.15) is 0 Å². The van der Waals surface area contributed by atoms with E-state index in [1.165, 1.54) is 83.5 Å². The molecule has 3 atom stereocenters. The average Bonchev–Trinajstić information content (AvgIpc) is 3.12. The molecule has 0 spiro atoms. The van der Waals surface area contributed by atoms with Gasteiger partial charge in [-0.05, 0) is 63.7 Å². The van der Waals surface area contributed by atoms with Gasteiger partial charge in [0.25, 0.3) is 0 Å². The van der Waals surface area contributed by atoms with Crippen LogP contribution in [0.25, 0.3) is 0 Å². The third-order valence-corrected chi connectivity index (χ3v) is 9.33. The van der Waals surface area contributed by atoms with Gasteiger partial charge in [0.15, 0.2) is 6.10 Å². The molecule has 0 aliphatic rings. The summed E-state index contributed by atoms with van der Waals surface area (Å²) in [6.45, 7) is 6.20. The first-order chi connectivity index (χ1) is 24.4. The van der Waals surface area contributed by atoms with Crippen molar-refractivity contribution >= 4 is 11.9 Å². The highest BCUT2D eigenvalue weighted by Gasteiger charge is 2.16. The van der Waals surface area contributed by atoms with Crippen molar-refractivity contribution in [3.05, 3.63) is 48.6 Å². The third kappa shape index (κ3) is 35.6. The Balaban J connectivity index is 3.65. The minimum Gasteiger partial charge on any atom is -0.462 e. The van der Waals surface area contributed by atoms with Crippen molar-refractivity contribution in [3.8, 4) is 0 Å². The molecule has 2 N–H and O–H groups in total. The summed E-state index contributed by atoms with van der Waals surface area (Å²) in [5.74, 6) is 0.223. The Kier molecular flexibility index (Phi) is 36.4. The molecule has 0 aromatic heterocycles. The van der Waals surface area contributed by atoms with Crippen LogP contribution in [0.4, 0.5) is 0 Å². The second kappa shape index (κ2) is 38.1. The number of aliphatic hydroxyl groups excluding tert-OH is 2. The predicted molar refractivity (Wildman–Crippen MR) is 211 cm³/mol. The summed E-state index contributed by atoms with van der Waals surface area (Å²) in [4.78, 5) is 24.3. The Bertz CT molecular complexity index is 876. The van der Waals surface area contributed by atoms with Crippen molar-refractivity contribution in [1.29, 1.82) is 0 Å². The topological polar surface area (TPSA) is 93.1 Å². The molecule has 0 fully saturated rings. The van der Waals surface area contributed by atoms with Crippen LogP contribution < -0.4 is 0 Å². The standard InChI is InChI=1S/C44H78O6/c1-4-40(3)34-30-26-22-18-14-10-6-8-13-17-21-25-29-33-37-44(48)50-42(38-45)39-49-43(47)36-32-28-24-20-16-12-9-7-11-15-19-23-27-31-35-41(46)5-2/h9,11-12,15,20,23-24,27,40-42,45-46H,4-8,10,13-14,16-19,21-22,25-26,28-39H2,1-3H3/b12-9-,15-11-,24-20-,27-23-/t40?,41-,42-/m0/s1. The van der Waals surface area contributed by atoms with Gasteiger partial charge in [-0.25, -0.2) is 0 Å². The lowest BCUT2D eigenvalue weighted by Crippen LogP contribution is -2.28. The number of carbonyl (C=O) groups excluding carboxylic acids is 2. The second-order valence-electron chi connectivity index (χ2n) is 14.1. The lowest BCUT2D eigenvalue weighted by atomic mass is 9.99. The largest absolute Gasteiger partial charge is 0.462 e. The van der Waals surface area contributed by atoms with Crippen LogP contribution in [0.1, 0.15) is 188 Å². The Morgan fingerprint density at radius 3 is 1.52 bits per heavy atom. The molecule has 1 unspecified atom stereocenters. The van der Waals surface area contributed by atoms with E-state index in [2.05, 4.69) is 62.5 Å². The van der Waals surface area contributed by atoms with Crippen molar-refractivity contribution in [3.63, 3.8) is 0 Å². The van der Waals surface area contributed by atoms with Gasteiger partial charge in [0, 0.05) is 12.8 Å². The Hall–Kier alpha value is -2.18. The van der Waals surface area contributed by atoms with E-state index in [-0.39, 0.29) is 31.3 Å². The molecule has 0 heterocycles. The highest BCUT2D eigenvalue weighted by atomic mass is 16.6. The lowest BCUT2D eigenvalue weighted by molar-refractivity contribution is -0.161. The van der Waals surface area contributed by atoms with E-state index < -0.39 is 6.10 Å². The quantitative estimate of drug-likeness (QED) is 0.0383. The highest BCUT2D eigenvalue weighted by molar-refractivity contribution is 5.70. The van der Waals surface area contributed by atoms with Gasteiger partial charge >= 0.3 is 11.9 Å². The summed E-state index contributed by atoms with van der Waals surface area (Å²) in [6, 6.07) is 0. The molecular formula is C44H78O6. The van der Waals surface area contributed by atoms with E-state index >= 15 is 0 Å². The molecule has 0 saturated carbocycles. The minimum atomic E-state index is -0.801. The van der Waals surface area contributed by atoms with Crippen LogP contribution in [0.5, 0.6) is 0 Å². The fourth-order valence-corrected chi connectivity index (χ4v) is 5.62. The van der Waals surface area contributed by atoms with Crippen molar-refractivity contribution in [2.45, 2.75) is 200 Å². The van der Waals surface area contributed by atoms with Crippen LogP contribution in [0.2, 0.25) is 0 Å². The zero-order chi connectivity index (χ0) is 36.8. The Labute approximate surface area is 308 Å². The number of esters is 2. The highest BCUT2D eigenvalue weighted by Crippen LogP contribution is 2.16. The lowest BCUT2D eigenvalue weighted by Gasteiger charge is -2.15. The maximum Gasteiger partial charge on any atom is 0.306 e. The smallest absolute Gasteiger partial charge is 0.306 e. The molecule has 0 radical (unpaired) electrons. The Morgan fingerprint density at radius 1 is 0.560 bits per heavy atom. The molecule has 50 heavy (non-hydrogen) atoms. The van der Waals surface area contributed by atoms with E-state index in [1.54, 1.807) is 0 Å². The summed E-state index contributed by atoms with van der Waals surface area (Å²) in [7, 11) is 0. The number of aliphatic hydroxyl groups is 2. The zero-order valence-electron chi connectivity index (χ0n) is 32.7. The summed E-state index contributed by atoms with van der Waals surface area (Å²) < 4.78 is 10.6. The van der Waals surface area contributed by atoms with Gasteiger partial charge in [-0.3, -0.25) is 9.59 Å². The first-order valence-corrected chi connectivity index (χ1v) is 20.7. The number of ether oxygens (including phenoxy) is 2. The second-order valence-corrected chi connectivity index (χ2v) is 14.1. The van der Waals surface area contributed by atoms with E-state index in [0.717, 1.165) is 70.1 Å². The van der Waals surface area contributed by atoms with Crippen molar-refractivity contribution in [2.24, 2.45) is 5.92 Å². The SMILES string of the molecule is CCC(C)CCCCCCCCCCCCCCCCC(=O)O[C@@H](CO)COC(=O)CCC/C=C\C/C=C\C/C=C\C/C=C\CC[C@@H](O)CC. The summed E-state index contributed by atoms with van der Waals surface area (Å²) in [5.41, 5.74) is 0. The van der Waals surface area contributed by atoms with Crippen LogP contribution in [0, 0.1) is 5.92 Å². The molecule has 0 rings (SSSR count). The van der Waals surface area contributed by atoms with Crippen LogP contribution in [-0.4, -0.2) is 47.6 Å². The molecule has 0 bridgehead atoms. The van der Waals surface area contributed by atoms with Gasteiger partial charge < -0.3 is 19.7 Å². The summed E-state index contributed by atoms with van der Waals surface area (Å²) in [5, 5.41) is 19.1. The number of allylic oxidation sites excluding steroid dienone is 8. The predicted octanol–water partition coefficient (Wildman–Crippen LogP) is 11.8. The molecule has 0 aliphatic heterocycles. The van der Waals surface area contributed by atoms with E-state index in [9.17, 15) is 19.8 Å². The third-order valence-electron chi connectivity index (χ3n) is 9.33. The number of carbonyl (C=O) groups is 2. The van der Waals surface area contributed by atoms with Gasteiger partial charge in [-0.15, -0.1) is 0 Å². The zero-order valence-corrected chi connectivity index (χ0v) is 32.7. The molecule has 290 valence electrons. The number of rotatable bonds is 36. The monoisotopic (exact) mass is 703 g/mol. The van der Waals surface area contributed by atoms with Crippen LogP contribution >= 0.6 is 0 Å². The maximum absolute atomic E-state index is 12.2. The Morgan fingerprint density at radius 2 is 1.02 bits per heavy atom. The molecule has 0 amide bonds.